The fourth-order valence-corrected chi connectivity index (χ4v) is 2.06. The third kappa shape index (κ3) is 3.37. The largest absolute Gasteiger partial charge is 0.497 e. The molecule has 0 bridgehead atoms. The van der Waals surface area contributed by atoms with Crippen molar-refractivity contribution in [3.63, 3.8) is 0 Å². The number of nitrogens with two attached hydrogens (primary N) is 1. The van der Waals surface area contributed by atoms with Gasteiger partial charge in [0.2, 0.25) is 0 Å². The molecule has 0 aliphatic heterocycles. The van der Waals surface area contributed by atoms with Gasteiger partial charge in [0.05, 0.1) is 7.11 Å². The summed E-state index contributed by atoms with van der Waals surface area (Å²) in [6.07, 6.45) is 2.79. The van der Waals surface area contributed by atoms with Gasteiger partial charge in [-0.3, -0.25) is 4.90 Å². The standard InChI is InChI=1S/C14H22N2O/c1-3-16(9-11-4-5-11)10-12-6-7-13(17-2)8-14(12)15/h6-8,11H,3-5,9-10,15H2,1-2H3. The number of methoxy groups -OCH3 is 1. The summed E-state index contributed by atoms with van der Waals surface area (Å²) < 4.78 is 5.16. The highest BCUT2D eigenvalue weighted by molar-refractivity contribution is 5.51. The Morgan fingerprint density at radius 3 is 2.71 bits per heavy atom. The third-order valence-corrected chi connectivity index (χ3v) is 3.41. The first kappa shape index (κ1) is 12.2. The van der Waals surface area contributed by atoms with Crippen molar-refractivity contribution in [2.45, 2.75) is 26.3 Å². The van der Waals surface area contributed by atoms with Gasteiger partial charge in [0, 0.05) is 24.8 Å². The number of hydrogen-bond acceptors (Lipinski definition) is 3. The van der Waals surface area contributed by atoms with E-state index in [1.54, 1.807) is 7.11 Å². The molecule has 0 amide bonds. The lowest BCUT2D eigenvalue weighted by atomic mass is 10.1. The number of nitrogens with zero attached hydrogens (tertiary/aromatic N) is 1. The minimum Gasteiger partial charge on any atom is -0.497 e. The van der Waals surface area contributed by atoms with Crippen LogP contribution in [-0.4, -0.2) is 25.1 Å². The van der Waals surface area contributed by atoms with Crippen LogP contribution in [0.5, 0.6) is 5.75 Å². The summed E-state index contributed by atoms with van der Waals surface area (Å²) in [4.78, 5) is 2.47. The van der Waals surface area contributed by atoms with Crippen LogP contribution in [0.2, 0.25) is 0 Å². The summed E-state index contributed by atoms with van der Waals surface area (Å²) >= 11 is 0. The molecule has 3 nitrogen and oxygen atoms in total. The molecule has 94 valence electrons. The van der Waals surface area contributed by atoms with Crippen molar-refractivity contribution in [2.75, 3.05) is 25.9 Å². The molecule has 0 radical (unpaired) electrons. The van der Waals surface area contributed by atoms with E-state index in [4.69, 9.17) is 10.5 Å². The highest BCUT2D eigenvalue weighted by Gasteiger charge is 2.23. The second-order valence-electron chi connectivity index (χ2n) is 4.84. The summed E-state index contributed by atoms with van der Waals surface area (Å²) in [5.41, 5.74) is 8.07. The number of ether oxygens (including phenoxy) is 1. The molecule has 1 aromatic carbocycles. The smallest absolute Gasteiger partial charge is 0.120 e. The van der Waals surface area contributed by atoms with E-state index in [2.05, 4.69) is 17.9 Å². The maximum absolute atomic E-state index is 6.04. The Balaban J connectivity index is 2.00. The van der Waals surface area contributed by atoms with Gasteiger partial charge in [-0.05, 0) is 36.9 Å². The monoisotopic (exact) mass is 234 g/mol. The van der Waals surface area contributed by atoms with E-state index in [0.717, 1.165) is 30.4 Å². The Morgan fingerprint density at radius 2 is 2.18 bits per heavy atom. The van der Waals surface area contributed by atoms with Gasteiger partial charge in [-0.2, -0.15) is 0 Å². The van der Waals surface area contributed by atoms with Crippen LogP contribution in [-0.2, 0) is 6.54 Å². The predicted octanol–water partition coefficient (Wildman–Crippen LogP) is 2.51. The Hall–Kier alpha value is -1.22. The van der Waals surface area contributed by atoms with Crippen LogP contribution >= 0.6 is 0 Å². The maximum Gasteiger partial charge on any atom is 0.120 e. The van der Waals surface area contributed by atoms with Crippen LogP contribution in [0.3, 0.4) is 0 Å². The molecule has 0 atom stereocenters. The molecule has 0 heterocycles. The van der Waals surface area contributed by atoms with Crippen LogP contribution in [0.15, 0.2) is 18.2 Å². The lowest BCUT2D eigenvalue weighted by Gasteiger charge is -2.21. The van der Waals surface area contributed by atoms with Gasteiger partial charge in [-0.15, -0.1) is 0 Å². The molecule has 2 rings (SSSR count). The van der Waals surface area contributed by atoms with Gasteiger partial charge < -0.3 is 10.5 Å². The Bertz CT molecular complexity index is 374. The van der Waals surface area contributed by atoms with Crippen molar-refractivity contribution in [3.8, 4) is 5.75 Å². The van der Waals surface area contributed by atoms with Gasteiger partial charge in [0.15, 0.2) is 0 Å². The lowest BCUT2D eigenvalue weighted by Crippen LogP contribution is -2.25. The van der Waals surface area contributed by atoms with E-state index in [-0.39, 0.29) is 0 Å². The number of hydrogen-bond donors (Lipinski definition) is 1. The zero-order valence-corrected chi connectivity index (χ0v) is 10.8. The topological polar surface area (TPSA) is 38.5 Å². The van der Waals surface area contributed by atoms with Crippen LogP contribution < -0.4 is 10.5 Å². The normalized spacial score (nSPS) is 15.2. The molecule has 17 heavy (non-hydrogen) atoms. The van der Waals surface area contributed by atoms with E-state index in [1.807, 2.05) is 12.1 Å². The van der Waals surface area contributed by atoms with Gasteiger partial charge in [-0.1, -0.05) is 13.0 Å². The van der Waals surface area contributed by atoms with Crippen molar-refractivity contribution in [1.29, 1.82) is 0 Å². The van der Waals surface area contributed by atoms with E-state index < -0.39 is 0 Å². The summed E-state index contributed by atoms with van der Waals surface area (Å²) in [7, 11) is 1.67. The highest BCUT2D eigenvalue weighted by Crippen LogP contribution is 2.30. The van der Waals surface area contributed by atoms with Crippen molar-refractivity contribution >= 4 is 5.69 Å². The fourth-order valence-electron chi connectivity index (χ4n) is 2.06. The molecule has 1 aliphatic carbocycles. The average molecular weight is 234 g/mol. The van der Waals surface area contributed by atoms with Crippen LogP contribution in [0.25, 0.3) is 0 Å². The van der Waals surface area contributed by atoms with E-state index in [9.17, 15) is 0 Å². The summed E-state index contributed by atoms with van der Waals surface area (Å²) in [6, 6.07) is 5.96. The second-order valence-corrected chi connectivity index (χ2v) is 4.84. The molecule has 1 aromatic rings. The van der Waals surface area contributed by atoms with Crippen molar-refractivity contribution < 1.29 is 4.74 Å². The van der Waals surface area contributed by atoms with Crippen molar-refractivity contribution in [3.05, 3.63) is 23.8 Å². The molecule has 2 N–H and O–H groups in total. The molecule has 0 aromatic heterocycles. The van der Waals surface area contributed by atoms with Crippen molar-refractivity contribution in [2.24, 2.45) is 5.92 Å². The second kappa shape index (κ2) is 5.41. The first-order valence-electron chi connectivity index (χ1n) is 6.37. The highest BCUT2D eigenvalue weighted by atomic mass is 16.5. The average Bonchev–Trinajstić information content (AvgIpc) is 3.14. The van der Waals surface area contributed by atoms with E-state index in [1.165, 1.54) is 24.9 Å². The molecule has 1 saturated carbocycles. The molecule has 3 heteroatoms. The Kier molecular flexibility index (Phi) is 3.89. The molecule has 0 unspecified atom stereocenters. The van der Waals surface area contributed by atoms with Crippen LogP contribution in [0.4, 0.5) is 5.69 Å². The molecule has 1 fully saturated rings. The minimum absolute atomic E-state index is 0.830. The summed E-state index contributed by atoms with van der Waals surface area (Å²) in [5, 5.41) is 0. The van der Waals surface area contributed by atoms with Gasteiger partial charge in [0.1, 0.15) is 5.75 Å². The van der Waals surface area contributed by atoms with Crippen LogP contribution in [0.1, 0.15) is 25.3 Å². The van der Waals surface area contributed by atoms with Crippen LogP contribution in [0, 0.1) is 5.92 Å². The summed E-state index contributed by atoms with van der Waals surface area (Å²) in [5.74, 6) is 1.76. The number of rotatable bonds is 6. The fraction of sp³-hybridized carbons (Fsp3) is 0.571. The van der Waals surface area contributed by atoms with Gasteiger partial charge >= 0.3 is 0 Å². The first-order chi connectivity index (χ1) is 8.22. The minimum atomic E-state index is 0.830. The van der Waals surface area contributed by atoms with Gasteiger partial charge in [-0.25, -0.2) is 0 Å². The maximum atomic E-state index is 6.04. The molecule has 0 saturated heterocycles. The Labute approximate surface area is 104 Å². The van der Waals surface area contributed by atoms with E-state index in [0.29, 0.717) is 0 Å². The summed E-state index contributed by atoms with van der Waals surface area (Å²) in [6.45, 7) is 5.45. The SMILES string of the molecule is CCN(Cc1ccc(OC)cc1N)CC1CC1. The Morgan fingerprint density at radius 1 is 1.41 bits per heavy atom. The molecular weight excluding hydrogens is 212 g/mol. The van der Waals surface area contributed by atoms with Gasteiger partial charge in [0.25, 0.3) is 0 Å². The lowest BCUT2D eigenvalue weighted by molar-refractivity contribution is 0.269. The molecular formula is C14H22N2O. The van der Waals surface area contributed by atoms with Crippen molar-refractivity contribution in [1.82, 2.24) is 4.90 Å². The number of nitrogen functional groups attached to an aromatic ring is 1. The number of benzene rings is 1. The zero-order chi connectivity index (χ0) is 12.3. The third-order valence-electron chi connectivity index (χ3n) is 3.41. The molecule has 0 spiro atoms. The van der Waals surface area contributed by atoms with E-state index >= 15 is 0 Å². The quantitative estimate of drug-likeness (QED) is 0.769. The first-order valence-corrected chi connectivity index (χ1v) is 6.37. The number of anilines is 1. The zero-order valence-electron chi connectivity index (χ0n) is 10.8. The molecule has 1 aliphatic rings. The predicted molar refractivity (Wildman–Crippen MR) is 71.1 cm³/mol.